The van der Waals surface area contributed by atoms with Gasteiger partial charge in [0.25, 0.3) is 0 Å². The summed E-state index contributed by atoms with van der Waals surface area (Å²) in [7, 11) is 0. The molecule has 1 aliphatic rings. The van der Waals surface area contributed by atoms with Gasteiger partial charge in [-0.05, 0) is 48.3 Å². The van der Waals surface area contributed by atoms with Crippen LogP contribution in [0, 0.1) is 5.92 Å². The van der Waals surface area contributed by atoms with Crippen molar-refractivity contribution in [3.8, 4) is 0 Å². The van der Waals surface area contributed by atoms with E-state index in [1.165, 1.54) is 30.4 Å². The third-order valence-electron chi connectivity index (χ3n) is 4.45. The first kappa shape index (κ1) is 13.6. The lowest BCUT2D eigenvalue weighted by Crippen LogP contribution is -2.23. The summed E-state index contributed by atoms with van der Waals surface area (Å²) in [6, 6.07) is 9.89. The Hall–Kier alpha value is -0.820. The number of hydrogen-bond donors (Lipinski definition) is 1. The molecular formula is C17H27N. The molecule has 0 saturated heterocycles. The molecule has 0 bridgehead atoms. The van der Waals surface area contributed by atoms with Crippen molar-refractivity contribution in [1.29, 1.82) is 0 Å². The molecule has 1 unspecified atom stereocenters. The van der Waals surface area contributed by atoms with E-state index in [0.717, 1.165) is 12.5 Å². The first-order valence-corrected chi connectivity index (χ1v) is 7.42. The third kappa shape index (κ3) is 2.95. The smallest absolute Gasteiger partial charge is 0.0348 e. The van der Waals surface area contributed by atoms with Crippen LogP contribution in [0.3, 0.4) is 0 Å². The van der Waals surface area contributed by atoms with Crippen LogP contribution in [0.5, 0.6) is 0 Å². The van der Waals surface area contributed by atoms with E-state index >= 15 is 0 Å². The van der Waals surface area contributed by atoms with Gasteiger partial charge >= 0.3 is 0 Å². The average molecular weight is 245 g/mol. The highest BCUT2D eigenvalue weighted by molar-refractivity contribution is 5.30. The zero-order valence-corrected chi connectivity index (χ0v) is 12.3. The fourth-order valence-corrected chi connectivity index (χ4v) is 2.55. The lowest BCUT2D eigenvalue weighted by atomic mass is 9.81. The van der Waals surface area contributed by atoms with E-state index in [2.05, 4.69) is 57.3 Å². The molecule has 1 N–H and O–H groups in total. The van der Waals surface area contributed by atoms with Crippen molar-refractivity contribution in [1.82, 2.24) is 5.32 Å². The Bertz CT molecular complexity index is 373. The fourth-order valence-electron chi connectivity index (χ4n) is 2.55. The standard InChI is InChI=1S/C17H27N/c1-5-17(3,4)15-11-9-14(10-12-15)16(18-6-2)13-7-8-13/h9-13,16,18H,5-8H2,1-4H3. The average Bonchev–Trinajstić information content (AvgIpc) is 3.20. The number of hydrogen-bond acceptors (Lipinski definition) is 1. The molecule has 1 nitrogen and oxygen atoms in total. The predicted octanol–water partition coefficient (Wildman–Crippen LogP) is 4.43. The molecular weight excluding hydrogens is 218 g/mol. The molecule has 1 atom stereocenters. The molecule has 18 heavy (non-hydrogen) atoms. The van der Waals surface area contributed by atoms with Gasteiger partial charge in [0.05, 0.1) is 0 Å². The first-order valence-electron chi connectivity index (χ1n) is 7.42. The number of rotatable bonds is 6. The summed E-state index contributed by atoms with van der Waals surface area (Å²) in [6.45, 7) is 10.2. The van der Waals surface area contributed by atoms with E-state index in [0.29, 0.717) is 11.5 Å². The van der Waals surface area contributed by atoms with Gasteiger partial charge in [-0.1, -0.05) is 52.0 Å². The van der Waals surface area contributed by atoms with E-state index in [1.807, 2.05) is 0 Å². The Balaban J connectivity index is 2.15. The second-order valence-electron chi connectivity index (χ2n) is 6.23. The van der Waals surface area contributed by atoms with Crippen LogP contribution in [0.2, 0.25) is 0 Å². The lowest BCUT2D eigenvalue weighted by Gasteiger charge is -2.25. The Morgan fingerprint density at radius 2 is 1.78 bits per heavy atom. The summed E-state index contributed by atoms with van der Waals surface area (Å²) in [5.41, 5.74) is 3.22. The van der Waals surface area contributed by atoms with Gasteiger partial charge in [0.2, 0.25) is 0 Å². The molecule has 1 heteroatoms. The lowest BCUT2D eigenvalue weighted by molar-refractivity contribution is 0.491. The van der Waals surface area contributed by atoms with Crippen molar-refractivity contribution < 1.29 is 0 Å². The summed E-state index contributed by atoms with van der Waals surface area (Å²) in [5.74, 6) is 0.870. The van der Waals surface area contributed by atoms with Crippen molar-refractivity contribution in [2.45, 2.75) is 58.4 Å². The van der Waals surface area contributed by atoms with Crippen molar-refractivity contribution in [2.24, 2.45) is 5.92 Å². The molecule has 1 saturated carbocycles. The van der Waals surface area contributed by atoms with Gasteiger partial charge in [-0.15, -0.1) is 0 Å². The van der Waals surface area contributed by atoms with Crippen molar-refractivity contribution in [3.63, 3.8) is 0 Å². The normalized spacial score (nSPS) is 17.8. The maximum absolute atomic E-state index is 3.63. The van der Waals surface area contributed by atoms with Crippen LogP contribution in [0.1, 0.15) is 64.1 Å². The Morgan fingerprint density at radius 3 is 2.22 bits per heavy atom. The van der Waals surface area contributed by atoms with Crippen LogP contribution in [0.15, 0.2) is 24.3 Å². The van der Waals surface area contributed by atoms with Crippen molar-refractivity contribution >= 4 is 0 Å². The van der Waals surface area contributed by atoms with Crippen molar-refractivity contribution in [3.05, 3.63) is 35.4 Å². The molecule has 0 heterocycles. The zero-order chi connectivity index (χ0) is 13.2. The van der Waals surface area contributed by atoms with Crippen LogP contribution >= 0.6 is 0 Å². The van der Waals surface area contributed by atoms with E-state index in [9.17, 15) is 0 Å². The van der Waals surface area contributed by atoms with Crippen LogP contribution < -0.4 is 5.32 Å². The Labute approximate surface area is 112 Å². The van der Waals surface area contributed by atoms with E-state index in [4.69, 9.17) is 0 Å². The molecule has 0 amide bonds. The van der Waals surface area contributed by atoms with Crippen molar-refractivity contribution in [2.75, 3.05) is 6.54 Å². The van der Waals surface area contributed by atoms with Crippen LogP contribution in [0.25, 0.3) is 0 Å². The summed E-state index contributed by atoms with van der Waals surface area (Å²) in [5, 5.41) is 3.63. The van der Waals surface area contributed by atoms with Gasteiger partial charge in [-0.25, -0.2) is 0 Å². The fraction of sp³-hybridized carbons (Fsp3) is 0.647. The monoisotopic (exact) mass is 245 g/mol. The van der Waals surface area contributed by atoms with Gasteiger partial charge in [-0.2, -0.15) is 0 Å². The quantitative estimate of drug-likeness (QED) is 0.781. The van der Waals surface area contributed by atoms with E-state index < -0.39 is 0 Å². The molecule has 2 rings (SSSR count). The summed E-state index contributed by atoms with van der Waals surface area (Å²) >= 11 is 0. The van der Waals surface area contributed by atoms with E-state index in [-0.39, 0.29) is 0 Å². The van der Waals surface area contributed by atoms with Gasteiger partial charge in [0.15, 0.2) is 0 Å². The Kier molecular flexibility index (Phi) is 4.11. The zero-order valence-electron chi connectivity index (χ0n) is 12.3. The summed E-state index contributed by atoms with van der Waals surface area (Å²) < 4.78 is 0. The third-order valence-corrected chi connectivity index (χ3v) is 4.45. The predicted molar refractivity (Wildman–Crippen MR) is 78.9 cm³/mol. The highest BCUT2D eigenvalue weighted by Crippen LogP contribution is 2.41. The molecule has 1 aliphatic carbocycles. The first-order chi connectivity index (χ1) is 8.58. The highest BCUT2D eigenvalue weighted by atomic mass is 14.9. The van der Waals surface area contributed by atoms with Crippen LogP contribution in [0.4, 0.5) is 0 Å². The van der Waals surface area contributed by atoms with Gasteiger partial charge in [-0.3, -0.25) is 0 Å². The minimum absolute atomic E-state index is 0.297. The maximum atomic E-state index is 3.63. The molecule has 100 valence electrons. The molecule has 0 aliphatic heterocycles. The van der Waals surface area contributed by atoms with E-state index in [1.54, 1.807) is 0 Å². The SMILES string of the molecule is CCNC(c1ccc(C(C)(C)CC)cc1)C1CC1. The summed E-state index contributed by atoms with van der Waals surface area (Å²) in [6.07, 6.45) is 3.96. The molecule has 0 aromatic heterocycles. The minimum atomic E-state index is 0.297. The topological polar surface area (TPSA) is 12.0 Å². The maximum Gasteiger partial charge on any atom is 0.0348 e. The minimum Gasteiger partial charge on any atom is -0.310 e. The molecule has 1 aromatic rings. The van der Waals surface area contributed by atoms with Crippen LogP contribution in [-0.4, -0.2) is 6.54 Å². The second-order valence-corrected chi connectivity index (χ2v) is 6.23. The molecule has 1 fully saturated rings. The number of nitrogens with one attached hydrogen (secondary N) is 1. The van der Waals surface area contributed by atoms with Crippen LogP contribution in [-0.2, 0) is 5.41 Å². The summed E-state index contributed by atoms with van der Waals surface area (Å²) in [4.78, 5) is 0. The van der Waals surface area contributed by atoms with Gasteiger partial charge < -0.3 is 5.32 Å². The number of benzene rings is 1. The highest BCUT2D eigenvalue weighted by Gasteiger charge is 2.31. The molecule has 0 radical (unpaired) electrons. The van der Waals surface area contributed by atoms with Gasteiger partial charge in [0.1, 0.15) is 0 Å². The molecule has 1 aromatic carbocycles. The Morgan fingerprint density at radius 1 is 1.17 bits per heavy atom. The molecule has 0 spiro atoms. The largest absolute Gasteiger partial charge is 0.310 e. The van der Waals surface area contributed by atoms with Gasteiger partial charge in [0, 0.05) is 6.04 Å². The second kappa shape index (κ2) is 5.44.